The van der Waals surface area contributed by atoms with E-state index < -0.39 is 0 Å². The van der Waals surface area contributed by atoms with Crippen molar-refractivity contribution in [1.82, 2.24) is 15.3 Å². The van der Waals surface area contributed by atoms with E-state index in [1.807, 2.05) is 18.2 Å². The molecule has 1 N–H and O–H groups in total. The molecule has 0 saturated carbocycles. The molecule has 134 valence electrons. The van der Waals surface area contributed by atoms with Crippen LogP contribution in [0.5, 0.6) is 0 Å². The number of rotatable bonds is 4. The van der Waals surface area contributed by atoms with Crippen LogP contribution in [-0.2, 0) is 11.3 Å². The van der Waals surface area contributed by atoms with E-state index in [1.54, 1.807) is 17.5 Å². The molecule has 0 spiro atoms. The number of benzene rings is 1. The third-order valence-electron chi connectivity index (χ3n) is 4.77. The summed E-state index contributed by atoms with van der Waals surface area (Å²) >= 11 is 1.60. The number of hydrogen-bond acceptors (Lipinski definition) is 5. The van der Waals surface area contributed by atoms with Gasteiger partial charge in [0.25, 0.3) is 0 Å². The second-order valence-electron chi connectivity index (χ2n) is 6.82. The highest BCUT2D eigenvalue weighted by Gasteiger charge is 2.27. The van der Waals surface area contributed by atoms with Gasteiger partial charge >= 0.3 is 0 Å². The van der Waals surface area contributed by atoms with E-state index in [9.17, 15) is 4.79 Å². The van der Waals surface area contributed by atoms with Crippen molar-refractivity contribution < 1.29 is 4.79 Å². The molecule has 3 heterocycles. The van der Waals surface area contributed by atoms with Gasteiger partial charge < -0.3 is 10.2 Å². The minimum atomic E-state index is 0.00790. The number of hydrogen-bond donors (Lipinski definition) is 1. The van der Waals surface area contributed by atoms with Gasteiger partial charge in [0.15, 0.2) is 5.13 Å². The van der Waals surface area contributed by atoms with Crippen molar-refractivity contribution in [2.24, 2.45) is 5.92 Å². The Morgan fingerprint density at radius 2 is 2.27 bits per heavy atom. The lowest BCUT2D eigenvalue weighted by atomic mass is 9.97. The number of amides is 1. The Morgan fingerprint density at radius 3 is 3.12 bits per heavy atom. The molecule has 4 rings (SSSR count). The average Bonchev–Trinajstić information content (AvgIpc) is 3.10. The fourth-order valence-corrected chi connectivity index (χ4v) is 4.36. The van der Waals surface area contributed by atoms with Crippen molar-refractivity contribution in [2.75, 3.05) is 18.0 Å². The molecule has 1 fully saturated rings. The zero-order chi connectivity index (χ0) is 17.9. The summed E-state index contributed by atoms with van der Waals surface area (Å²) in [6.45, 7) is 4.32. The van der Waals surface area contributed by atoms with Gasteiger partial charge in [-0.15, -0.1) is 0 Å². The Hall–Kier alpha value is -2.47. The van der Waals surface area contributed by atoms with Gasteiger partial charge in [0.05, 0.1) is 5.92 Å². The number of carbonyl (C=O) groups is 1. The number of fused-ring (bicyclic) bond motifs is 1. The van der Waals surface area contributed by atoms with Gasteiger partial charge in [-0.05, 0) is 37.5 Å². The molecular formula is C20H22N4OS. The van der Waals surface area contributed by atoms with Crippen molar-refractivity contribution in [3.63, 3.8) is 0 Å². The maximum Gasteiger partial charge on any atom is 0.225 e. The molecule has 1 amide bonds. The van der Waals surface area contributed by atoms with Crippen LogP contribution in [0.3, 0.4) is 0 Å². The molecule has 0 aliphatic carbocycles. The van der Waals surface area contributed by atoms with Crippen LogP contribution in [0.1, 0.15) is 24.0 Å². The van der Waals surface area contributed by atoms with Crippen molar-refractivity contribution in [3.05, 3.63) is 53.7 Å². The summed E-state index contributed by atoms with van der Waals surface area (Å²) in [7, 11) is 0. The molecule has 1 saturated heterocycles. The Bertz CT molecular complexity index is 890. The normalized spacial score (nSPS) is 17.4. The summed E-state index contributed by atoms with van der Waals surface area (Å²) in [5.41, 5.74) is 3.28. The molecule has 0 radical (unpaired) electrons. The molecule has 1 aliphatic rings. The number of carbonyl (C=O) groups excluding carboxylic acids is 1. The van der Waals surface area contributed by atoms with Gasteiger partial charge in [0.1, 0.15) is 10.3 Å². The summed E-state index contributed by atoms with van der Waals surface area (Å²) in [6, 6.07) is 12.1. The van der Waals surface area contributed by atoms with E-state index in [0.29, 0.717) is 6.54 Å². The molecule has 26 heavy (non-hydrogen) atoms. The van der Waals surface area contributed by atoms with Crippen molar-refractivity contribution >= 4 is 32.7 Å². The quantitative estimate of drug-likeness (QED) is 0.767. The molecule has 5 nitrogen and oxygen atoms in total. The number of aromatic nitrogens is 2. The van der Waals surface area contributed by atoms with Crippen LogP contribution < -0.4 is 10.2 Å². The Balaban J connectivity index is 1.40. The SMILES string of the molecule is Cc1cccc(CNC(=O)[C@@H]2CCCN(c3nc4cccnc4s3)C2)c1. The average molecular weight is 366 g/mol. The van der Waals surface area contributed by atoms with Crippen LogP contribution in [0.2, 0.25) is 0 Å². The number of thiazole rings is 1. The van der Waals surface area contributed by atoms with Gasteiger partial charge in [0.2, 0.25) is 5.91 Å². The summed E-state index contributed by atoms with van der Waals surface area (Å²) < 4.78 is 0. The number of piperidine rings is 1. The molecule has 6 heteroatoms. The first-order valence-electron chi connectivity index (χ1n) is 8.99. The predicted molar refractivity (Wildman–Crippen MR) is 105 cm³/mol. The van der Waals surface area contributed by atoms with Crippen LogP contribution >= 0.6 is 11.3 Å². The van der Waals surface area contributed by atoms with Gasteiger partial charge in [-0.1, -0.05) is 41.2 Å². The monoisotopic (exact) mass is 366 g/mol. The van der Waals surface area contributed by atoms with E-state index in [1.165, 1.54) is 5.56 Å². The summed E-state index contributed by atoms with van der Waals surface area (Å²) in [4.78, 5) is 24.9. The van der Waals surface area contributed by atoms with Crippen molar-refractivity contribution in [1.29, 1.82) is 0 Å². The lowest BCUT2D eigenvalue weighted by Crippen LogP contribution is -2.42. The lowest BCUT2D eigenvalue weighted by Gasteiger charge is -2.31. The highest BCUT2D eigenvalue weighted by Crippen LogP contribution is 2.30. The number of aryl methyl sites for hydroxylation is 1. The van der Waals surface area contributed by atoms with E-state index >= 15 is 0 Å². The summed E-state index contributed by atoms with van der Waals surface area (Å²) in [6.07, 6.45) is 3.73. The van der Waals surface area contributed by atoms with Crippen LogP contribution in [-0.4, -0.2) is 29.0 Å². The first-order chi connectivity index (χ1) is 12.7. The first-order valence-corrected chi connectivity index (χ1v) is 9.80. The number of pyridine rings is 1. The van der Waals surface area contributed by atoms with Gasteiger partial charge in [-0.25, -0.2) is 9.97 Å². The smallest absolute Gasteiger partial charge is 0.225 e. The largest absolute Gasteiger partial charge is 0.352 e. The zero-order valence-electron chi connectivity index (χ0n) is 14.8. The highest BCUT2D eigenvalue weighted by molar-refractivity contribution is 7.21. The molecule has 1 aromatic carbocycles. The van der Waals surface area contributed by atoms with Crippen LogP contribution in [0, 0.1) is 12.8 Å². The molecule has 2 aromatic heterocycles. The first kappa shape index (κ1) is 17.0. The fourth-order valence-electron chi connectivity index (χ4n) is 3.41. The highest BCUT2D eigenvalue weighted by atomic mass is 32.1. The minimum absolute atomic E-state index is 0.00790. The second-order valence-corrected chi connectivity index (χ2v) is 7.77. The van der Waals surface area contributed by atoms with Crippen LogP contribution in [0.25, 0.3) is 10.3 Å². The van der Waals surface area contributed by atoms with E-state index in [2.05, 4.69) is 45.3 Å². The third kappa shape index (κ3) is 3.70. The van der Waals surface area contributed by atoms with Crippen LogP contribution in [0.4, 0.5) is 5.13 Å². The van der Waals surface area contributed by atoms with Gasteiger partial charge in [0, 0.05) is 25.8 Å². The van der Waals surface area contributed by atoms with Gasteiger partial charge in [-0.2, -0.15) is 0 Å². The number of nitrogens with one attached hydrogen (secondary N) is 1. The Labute approximate surface area is 157 Å². The Morgan fingerprint density at radius 1 is 1.35 bits per heavy atom. The summed E-state index contributed by atoms with van der Waals surface area (Å²) in [5.74, 6) is 0.143. The number of anilines is 1. The standard InChI is InChI=1S/C20H22N4OS/c1-14-5-2-6-15(11-14)12-22-18(25)16-7-4-10-24(13-16)20-23-17-8-3-9-21-19(17)26-20/h2-3,5-6,8-9,11,16H,4,7,10,12-13H2,1H3,(H,22,25)/t16-/m1/s1. The van der Waals surface area contributed by atoms with Crippen molar-refractivity contribution in [3.8, 4) is 0 Å². The predicted octanol–water partition coefficient (Wildman–Crippen LogP) is 3.53. The molecule has 1 atom stereocenters. The van der Waals surface area contributed by atoms with Gasteiger partial charge in [-0.3, -0.25) is 4.79 Å². The maximum absolute atomic E-state index is 12.6. The zero-order valence-corrected chi connectivity index (χ0v) is 15.6. The second kappa shape index (κ2) is 7.41. The topological polar surface area (TPSA) is 58.1 Å². The lowest BCUT2D eigenvalue weighted by molar-refractivity contribution is -0.125. The molecular weight excluding hydrogens is 344 g/mol. The van der Waals surface area contributed by atoms with Crippen molar-refractivity contribution in [2.45, 2.75) is 26.3 Å². The Kier molecular flexibility index (Phi) is 4.84. The fraction of sp³-hybridized carbons (Fsp3) is 0.350. The minimum Gasteiger partial charge on any atom is -0.352 e. The molecule has 0 unspecified atom stereocenters. The van der Waals surface area contributed by atoms with E-state index in [-0.39, 0.29) is 11.8 Å². The third-order valence-corrected chi connectivity index (χ3v) is 5.81. The van der Waals surface area contributed by atoms with E-state index in [4.69, 9.17) is 0 Å². The molecule has 3 aromatic rings. The molecule has 0 bridgehead atoms. The maximum atomic E-state index is 12.6. The van der Waals surface area contributed by atoms with E-state index in [0.717, 1.165) is 47.0 Å². The molecule has 1 aliphatic heterocycles. The summed E-state index contributed by atoms with van der Waals surface area (Å²) in [5, 5.41) is 4.07. The van der Waals surface area contributed by atoms with Crippen LogP contribution in [0.15, 0.2) is 42.6 Å². The number of nitrogens with zero attached hydrogens (tertiary/aromatic N) is 3.